The Labute approximate surface area is 123 Å². The summed E-state index contributed by atoms with van der Waals surface area (Å²) >= 11 is 0. The smallest absolute Gasteiger partial charge is 0.338 e. The third-order valence-corrected chi connectivity index (χ3v) is 2.66. The van der Waals surface area contributed by atoms with Crippen LogP contribution in [0.4, 0.5) is 0 Å². The minimum Gasteiger partial charge on any atom is -0.456 e. The van der Waals surface area contributed by atoms with Gasteiger partial charge in [0.15, 0.2) is 0 Å². The van der Waals surface area contributed by atoms with Crippen molar-refractivity contribution in [3.63, 3.8) is 0 Å². The van der Waals surface area contributed by atoms with Crippen LogP contribution in [0.5, 0.6) is 0 Å². The molecule has 2 atom stereocenters. The summed E-state index contributed by atoms with van der Waals surface area (Å²) in [6.07, 6.45) is -2.87. The molecule has 1 aromatic rings. The highest BCUT2D eigenvalue weighted by molar-refractivity contribution is 5.89. The molecule has 1 amide bonds. The van der Waals surface area contributed by atoms with E-state index in [1.807, 2.05) is 0 Å². The minimum atomic E-state index is -1.28. The summed E-state index contributed by atoms with van der Waals surface area (Å²) in [7, 11) is 0. The summed E-state index contributed by atoms with van der Waals surface area (Å²) in [5.74, 6) is -1.17. The number of hydrogen-bond acceptors (Lipinski definition) is 5. The molecule has 2 unspecified atom stereocenters. The second-order valence-electron chi connectivity index (χ2n) is 5.81. The molecule has 116 valence electrons. The van der Waals surface area contributed by atoms with Crippen molar-refractivity contribution in [3.8, 4) is 0 Å². The van der Waals surface area contributed by atoms with Gasteiger partial charge in [-0.05, 0) is 38.5 Å². The van der Waals surface area contributed by atoms with Crippen LogP contribution in [0, 0.1) is 0 Å². The first-order valence-corrected chi connectivity index (χ1v) is 6.58. The number of hydrogen-bond donors (Lipinski definition) is 3. The zero-order valence-corrected chi connectivity index (χ0v) is 12.4. The van der Waals surface area contributed by atoms with E-state index in [9.17, 15) is 19.8 Å². The van der Waals surface area contributed by atoms with Crippen molar-refractivity contribution in [1.29, 1.82) is 0 Å². The van der Waals surface area contributed by atoms with Gasteiger partial charge in [-0.3, -0.25) is 4.79 Å². The Morgan fingerprint density at radius 3 is 2.14 bits per heavy atom. The molecule has 0 spiro atoms. The highest BCUT2D eigenvalue weighted by atomic mass is 16.6. The van der Waals surface area contributed by atoms with E-state index in [2.05, 4.69) is 0 Å². The Bertz CT molecular complexity index is 504. The van der Waals surface area contributed by atoms with Crippen LogP contribution in [0.25, 0.3) is 0 Å². The van der Waals surface area contributed by atoms with E-state index in [0.29, 0.717) is 11.1 Å². The molecule has 1 rings (SSSR count). The van der Waals surface area contributed by atoms with Gasteiger partial charge in [0.25, 0.3) is 0 Å². The number of esters is 1. The van der Waals surface area contributed by atoms with Gasteiger partial charge in [-0.25, -0.2) is 4.79 Å². The number of carbonyl (C=O) groups excluding carboxylic acids is 2. The number of aliphatic hydroxyl groups excluding tert-OH is 2. The second kappa shape index (κ2) is 6.69. The number of carbonyl (C=O) groups is 2. The minimum absolute atomic E-state index is 0.338. The number of nitrogens with two attached hydrogens (primary N) is 1. The lowest BCUT2D eigenvalue weighted by Crippen LogP contribution is -2.26. The van der Waals surface area contributed by atoms with Crippen LogP contribution in [0.1, 0.15) is 49.2 Å². The van der Waals surface area contributed by atoms with Gasteiger partial charge in [0, 0.05) is 0 Å². The average molecular weight is 295 g/mol. The van der Waals surface area contributed by atoms with Crippen molar-refractivity contribution in [2.75, 3.05) is 0 Å². The zero-order valence-electron chi connectivity index (χ0n) is 12.4. The molecule has 6 heteroatoms. The molecule has 0 radical (unpaired) electrons. The predicted molar refractivity (Wildman–Crippen MR) is 76.4 cm³/mol. The standard InChI is InChI=1S/C15H21NO5/c1-15(2,3)21-14(20)10-6-4-9(5-7-10)13(19)11(17)8-12(16)18/h4-7,11,13,17,19H,8H2,1-3H3,(H2,16,18). The second-order valence-corrected chi connectivity index (χ2v) is 5.81. The van der Waals surface area contributed by atoms with Crippen LogP contribution < -0.4 is 5.73 Å². The molecule has 0 aliphatic heterocycles. The maximum absolute atomic E-state index is 11.8. The van der Waals surface area contributed by atoms with Crippen LogP contribution in [0.3, 0.4) is 0 Å². The SMILES string of the molecule is CC(C)(C)OC(=O)c1ccc(C(O)C(O)CC(N)=O)cc1. The summed E-state index contributed by atoms with van der Waals surface area (Å²) in [5.41, 5.74) is 5.09. The summed E-state index contributed by atoms with van der Waals surface area (Å²) in [6, 6.07) is 5.97. The monoisotopic (exact) mass is 295 g/mol. The molecule has 0 saturated carbocycles. The quantitative estimate of drug-likeness (QED) is 0.699. The Morgan fingerprint density at radius 2 is 1.71 bits per heavy atom. The van der Waals surface area contributed by atoms with Crippen LogP contribution in [-0.4, -0.2) is 33.8 Å². The van der Waals surface area contributed by atoms with E-state index >= 15 is 0 Å². The number of amides is 1. The first-order valence-electron chi connectivity index (χ1n) is 6.58. The third kappa shape index (κ3) is 5.53. The van der Waals surface area contributed by atoms with Crippen molar-refractivity contribution in [2.24, 2.45) is 5.73 Å². The van der Waals surface area contributed by atoms with Gasteiger partial charge < -0.3 is 20.7 Å². The van der Waals surface area contributed by atoms with E-state index in [1.165, 1.54) is 24.3 Å². The van der Waals surface area contributed by atoms with Crippen molar-refractivity contribution >= 4 is 11.9 Å². The highest BCUT2D eigenvalue weighted by Gasteiger charge is 2.22. The lowest BCUT2D eigenvalue weighted by atomic mass is 10.0. The summed E-state index contributed by atoms with van der Waals surface area (Å²) < 4.78 is 5.21. The zero-order chi connectivity index (χ0) is 16.2. The number of ether oxygens (including phenoxy) is 1. The van der Waals surface area contributed by atoms with Gasteiger partial charge in [-0.1, -0.05) is 12.1 Å². The van der Waals surface area contributed by atoms with E-state index in [0.717, 1.165) is 0 Å². The van der Waals surface area contributed by atoms with Crippen LogP contribution in [-0.2, 0) is 9.53 Å². The van der Waals surface area contributed by atoms with Crippen LogP contribution in [0.2, 0.25) is 0 Å². The highest BCUT2D eigenvalue weighted by Crippen LogP contribution is 2.20. The lowest BCUT2D eigenvalue weighted by Gasteiger charge is -2.20. The van der Waals surface area contributed by atoms with Gasteiger partial charge in [0.05, 0.1) is 18.1 Å². The van der Waals surface area contributed by atoms with Gasteiger partial charge in [-0.15, -0.1) is 0 Å². The Balaban J connectivity index is 2.78. The van der Waals surface area contributed by atoms with Crippen molar-refractivity contribution in [2.45, 2.75) is 45.0 Å². The normalized spacial score (nSPS) is 14.3. The maximum atomic E-state index is 11.8. The first kappa shape index (κ1) is 17.1. The Kier molecular flexibility index (Phi) is 5.46. The molecule has 21 heavy (non-hydrogen) atoms. The molecule has 1 aromatic carbocycles. The van der Waals surface area contributed by atoms with Gasteiger partial charge >= 0.3 is 5.97 Å². The molecule has 4 N–H and O–H groups in total. The molecule has 0 aliphatic carbocycles. The third-order valence-electron chi connectivity index (χ3n) is 2.66. The van der Waals surface area contributed by atoms with Crippen LogP contribution >= 0.6 is 0 Å². The molecular formula is C15H21NO5. The fourth-order valence-electron chi connectivity index (χ4n) is 1.69. The van der Waals surface area contributed by atoms with Gasteiger partial charge in [-0.2, -0.15) is 0 Å². The summed E-state index contributed by atoms with van der Waals surface area (Å²) in [6.45, 7) is 5.30. The van der Waals surface area contributed by atoms with Crippen LogP contribution in [0.15, 0.2) is 24.3 Å². The molecular weight excluding hydrogens is 274 g/mol. The van der Waals surface area contributed by atoms with Crippen molar-refractivity contribution in [1.82, 2.24) is 0 Å². The van der Waals surface area contributed by atoms with E-state index in [1.54, 1.807) is 20.8 Å². The molecule has 0 bridgehead atoms. The summed E-state index contributed by atoms with van der Waals surface area (Å²) in [4.78, 5) is 22.5. The largest absolute Gasteiger partial charge is 0.456 e. The average Bonchev–Trinajstić information content (AvgIpc) is 2.35. The topological polar surface area (TPSA) is 110 Å². The number of aliphatic hydroxyl groups is 2. The van der Waals surface area contributed by atoms with E-state index in [-0.39, 0.29) is 6.42 Å². The number of rotatable bonds is 5. The summed E-state index contributed by atoms with van der Waals surface area (Å²) in [5, 5.41) is 19.5. The first-order chi connectivity index (χ1) is 9.60. The fraction of sp³-hybridized carbons (Fsp3) is 0.467. The van der Waals surface area contributed by atoms with Crippen molar-refractivity contribution in [3.05, 3.63) is 35.4 Å². The molecule has 0 heterocycles. The van der Waals surface area contributed by atoms with E-state index < -0.39 is 29.7 Å². The molecule has 0 aliphatic rings. The Morgan fingerprint density at radius 1 is 1.19 bits per heavy atom. The number of benzene rings is 1. The van der Waals surface area contributed by atoms with Gasteiger partial charge in [0.1, 0.15) is 11.7 Å². The predicted octanol–water partition coefficient (Wildman–Crippen LogP) is 0.912. The lowest BCUT2D eigenvalue weighted by molar-refractivity contribution is -0.121. The van der Waals surface area contributed by atoms with Crippen molar-refractivity contribution < 1.29 is 24.5 Å². The fourth-order valence-corrected chi connectivity index (χ4v) is 1.69. The molecule has 0 aromatic heterocycles. The molecule has 6 nitrogen and oxygen atoms in total. The molecule has 0 saturated heterocycles. The van der Waals surface area contributed by atoms with Gasteiger partial charge in [0.2, 0.25) is 5.91 Å². The molecule has 0 fully saturated rings. The maximum Gasteiger partial charge on any atom is 0.338 e. The number of primary amides is 1. The van der Waals surface area contributed by atoms with E-state index in [4.69, 9.17) is 10.5 Å². The Hall–Kier alpha value is -1.92.